The van der Waals surface area contributed by atoms with Gasteiger partial charge < -0.3 is 10.3 Å². The van der Waals surface area contributed by atoms with E-state index in [1.54, 1.807) is 0 Å². The number of nitrogens with zero attached hydrogens (tertiary/aromatic N) is 1. The van der Waals surface area contributed by atoms with Crippen molar-refractivity contribution in [2.45, 2.75) is 19.9 Å². The van der Waals surface area contributed by atoms with E-state index in [2.05, 4.69) is 83.7 Å². The number of anilines is 1. The Balaban J connectivity index is 1.85. The number of pyridine rings is 1. The Bertz CT molecular complexity index is 985. The molecule has 0 aliphatic heterocycles. The summed E-state index contributed by atoms with van der Waals surface area (Å²) < 4.78 is 0. The molecule has 0 aliphatic rings. The fourth-order valence-corrected chi connectivity index (χ4v) is 3.36. The summed E-state index contributed by atoms with van der Waals surface area (Å²) >= 11 is 0. The van der Waals surface area contributed by atoms with Crippen molar-refractivity contribution in [1.82, 2.24) is 9.97 Å². The van der Waals surface area contributed by atoms with Crippen LogP contribution in [0.2, 0.25) is 0 Å². The first-order chi connectivity index (χ1) is 12.2. The highest BCUT2D eigenvalue weighted by atomic mass is 14.9. The SMILES string of the molecule is Cc1ccc(N[C@H](c2cccnc2)c2c(C)[nH]c3ccccc23)cc1. The highest BCUT2D eigenvalue weighted by Gasteiger charge is 2.21. The van der Waals surface area contributed by atoms with E-state index in [-0.39, 0.29) is 6.04 Å². The molecule has 0 aliphatic carbocycles. The van der Waals surface area contributed by atoms with E-state index in [0.717, 1.165) is 16.8 Å². The molecule has 0 fully saturated rings. The number of fused-ring (bicyclic) bond motifs is 1. The molecule has 2 N–H and O–H groups in total. The number of nitrogens with one attached hydrogen (secondary N) is 2. The Labute approximate surface area is 147 Å². The van der Waals surface area contributed by atoms with Crippen molar-refractivity contribution in [2.75, 3.05) is 5.32 Å². The topological polar surface area (TPSA) is 40.7 Å². The number of para-hydroxylation sites is 1. The maximum absolute atomic E-state index is 4.33. The Morgan fingerprint density at radius 2 is 1.72 bits per heavy atom. The molecule has 2 aromatic heterocycles. The third-order valence-electron chi connectivity index (χ3n) is 4.61. The molecule has 0 saturated heterocycles. The van der Waals surface area contributed by atoms with Crippen molar-refractivity contribution in [3.63, 3.8) is 0 Å². The predicted octanol–water partition coefficient (Wildman–Crippen LogP) is 5.38. The number of aromatic amines is 1. The fourth-order valence-electron chi connectivity index (χ4n) is 3.36. The molecule has 2 aromatic carbocycles. The molecule has 124 valence electrons. The van der Waals surface area contributed by atoms with E-state index < -0.39 is 0 Å². The van der Waals surface area contributed by atoms with Crippen LogP contribution in [0.15, 0.2) is 73.1 Å². The summed E-state index contributed by atoms with van der Waals surface area (Å²) in [4.78, 5) is 7.84. The van der Waals surface area contributed by atoms with Crippen molar-refractivity contribution in [2.24, 2.45) is 0 Å². The molecule has 3 heteroatoms. The molecule has 0 radical (unpaired) electrons. The molecule has 0 amide bonds. The zero-order valence-corrected chi connectivity index (χ0v) is 14.5. The number of rotatable bonds is 4. The van der Waals surface area contributed by atoms with Gasteiger partial charge in [0.1, 0.15) is 0 Å². The number of benzene rings is 2. The summed E-state index contributed by atoms with van der Waals surface area (Å²) in [7, 11) is 0. The molecule has 2 heterocycles. The van der Waals surface area contributed by atoms with Gasteiger partial charge in [-0.05, 0) is 43.7 Å². The average molecular weight is 327 g/mol. The number of aryl methyl sites for hydroxylation is 2. The first-order valence-corrected chi connectivity index (χ1v) is 8.53. The van der Waals surface area contributed by atoms with E-state index in [4.69, 9.17) is 0 Å². The van der Waals surface area contributed by atoms with E-state index in [0.29, 0.717) is 0 Å². The molecular weight excluding hydrogens is 306 g/mol. The van der Waals surface area contributed by atoms with Crippen molar-refractivity contribution < 1.29 is 0 Å². The van der Waals surface area contributed by atoms with Crippen LogP contribution in [-0.2, 0) is 0 Å². The van der Waals surface area contributed by atoms with Crippen LogP contribution in [-0.4, -0.2) is 9.97 Å². The van der Waals surface area contributed by atoms with Crippen LogP contribution in [0.3, 0.4) is 0 Å². The zero-order chi connectivity index (χ0) is 17.2. The minimum Gasteiger partial charge on any atom is -0.374 e. The Kier molecular flexibility index (Phi) is 3.98. The molecule has 0 unspecified atom stereocenters. The maximum Gasteiger partial charge on any atom is 0.0805 e. The maximum atomic E-state index is 4.33. The fraction of sp³-hybridized carbons (Fsp3) is 0.136. The summed E-state index contributed by atoms with van der Waals surface area (Å²) in [6.07, 6.45) is 3.75. The highest BCUT2D eigenvalue weighted by molar-refractivity contribution is 5.86. The monoisotopic (exact) mass is 327 g/mol. The number of hydrogen-bond donors (Lipinski definition) is 2. The van der Waals surface area contributed by atoms with Gasteiger partial charge in [-0.1, -0.05) is 42.0 Å². The van der Waals surface area contributed by atoms with Crippen LogP contribution < -0.4 is 5.32 Å². The first-order valence-electron chi connectivity index (χ1n) is 8.53. The van der Waals surface area contributed by atoms with Gasteiger partial charge in [0.05, 0.1) is 6.04 Å². The lowest BCUT2D eigenvalue weighted by atomic mass is 9.96. The van der Waals surface area contributed by atoms with E-state index >= 15 is 0 Å². The third kappa shape index (κ3) is 3.01. The summed E-state index contributed by atoms with van der Waals surface area (Å²) in [6.45, 7) is 4.24. The van der Waals surface area contributed by atoms with Crippen molar-refractivity contribution >= 4 is 16.6 Å². The van der Waals surface area contributed by atoms with E-state index in [9.17, 15) is 0 Å². The molecule has 0 saturated carbocycles. The van der Waals surface area contributed by atoms with Crippen molar-refractivity contribution in [3.8, 4) is 0 Å². The lowest BCUT2D eigenvalue weighted by molar-refractivity contribution is 0.922. The first kappa shape index (κ1) is 15.5. The summed E-state index contributed by atoms with van der Waals surface area (Å²) in [5.74, 6) is 0. The number of aromatic nitrogens is 2. The average Bonchev–Trinajstić information content (AvgIpc) is 2.98. The second kappa shape index (κ2) is 6.44. The van der Waals surface area contributed by atoms with E-state index in [1.807, 2.05) is 18.5 Å². The minimum absolute atomic E-state index is 0.0348. The standard InChI is InChI=1S/C22H21N3/c1-15-9-11-18(12-10-15)25-22(17-6-5-13-23-14-17)21-16(2)24-20-8-4-3-7-19(20)21/h3-14,22,24-25H,1-2H3/t22-/m1/s1. The second-order valence-corrected chi connectivity index (χ2v) is 6.44. The van der Waals surface area contributed by atoms with Gasteiger partial charge >= 0.3 is 0 Å². The lowest BCUT2D eigenvalue weighted by Crippen LogP contribution is -2.13. The minimum atomic E-state index is 0.0348. The van der Waals surface area contributed by atoms with Crippen LogP contribution in [0, 0.1) is 13.8 Å². The molecule has 4 rings (SSSR count). The molecule has 0 bridgehead atoms. The summed E-state index contributed by atoms with van der Waals surface area (Å²) in [5.41, 5.74) is 7.11. The van der Waals surface area contributed by atoms with Crippen LogP contribution in [0.4, 0.5) is 5.69 Å². The van der Waals surface area contributed by atoms with Gasteiger partial charge in [-0.25, -0.2) is 0 Å². The summed E-state index contributed by atoms with van der Waals surface area (Å²) in [5, 5.41) is 4.94. The number of H-pyrrole nitrogens is 1. The quantitative estimate of drug-likeness (QED) is 0.528. The van der Waals surface area contributed by atoms with Crippen LogP contribution in [0.1, 0.15) is 28.4 Å². The van der Waals surface area contributed by atoms with Gasteiger partial charge in [-0.3, -0.25) is 4.98 Å². The van der Waals surface area contributed by atoms with Gasteiger partial charge in [0.2, 0.25) is 0 Å². The van der Waals surface area contributed by atoms with Gasteiger partial charge in [0, 0.05) is 40.2 Å². The molecule has 3 nitrogen and oxygen atoms in total. The van der Waals surface area contributed by atoms with Crippen LogP contribution in [0.5, 0.6) is 0 Å². The smallest absolute Gasteiger partial charge is 0.0805 e. The second-order valence-electron chi connectivity index (χ2n) is 6.44. The molecule has 1 atom stereocenters. The van der Waals surface area contributed by atoms with Gasteiger partial charge in [0.25, 0.3) is 0 Å². The van der Waals surface area contributed by atoms with Crippen molar-refractivity contribution in [3.05, 3.63) is 95.4 Å². The predicted molar refractivity (Wildman–Crippen MR) is 104 cm³/mol. The lowest BCUT2D eigenvalue weighted by Gasteiger charge is -2.21. The molecule has 0 spiro atoms. The Hall–Kier alpha value is -3.07. The van der Waals surface area contributed by atoms with Gasteiger partial charge in [0.15, 0.2) is 0 Å². The van der Waals surface area contributed by atoms with Gasteiger partial charge in [-0.2, -0.15) is 0 Å². The Morgan fingerprint density at radius 1 is 0.920 bits per heavy atom. The highest BCUT2D eigenvalue weighted by Crippen LogP contribution is 2.34. The molecule has 4 aromatic rings. The van der Waals surface area contributed by atoms with Crippen LogP contribution in [0.25, 0.3) is 10.9 Å². The third-order valence-corrected chi connectivity index (χ3v) is 4.61. The Morgan fingerprint density at radius 3 is 2.48 bits per heavy atom. The van der Waals surface area contributed by atoms with Crippen molar-refractivity contribution in [1.29, 1.82) is 0 Å². The number of hydrogen-bond acceptors (Lipinski definition) is 2. The summed E-state index contributed by atoms with van der Waals surface area (Å²) in [6, 6.07) is 21.1. The van der Waals surface area contributed by atoms with Crippen LogP contribution >= 0.6 is 0 Å². The zero-order valence-electron chi connectivity index (χ0n) is 14.5. The molecular formula is C22H21N3. The molecule has 25 heavy (non-hydrogen) atoms. The van der Waals surface area contributed by atoms with Gasteiger partial charge in [-0.15, -0.1) is 0 Å². The largest absolute Gasteiger partial charge is 0.374 e. The normalized spacial score (nSPS) is 12.2. The van der Waals surface area contributed by atoms with E-state index in [1.165, 1.54) is 22.2 Å².